The van der Waals surface area contributed by atoms with Gasteiger partial charge in [-0.15, -0.1) is 5.10 Å². The Bertz CT molecular complexity index is 952. The average Bonchev–Trinajstić information content (AvgIpc) is 2.89. The Morgan fingerprint density at radius 2 is 1.96 bits per heavy atom. The third-order valence-electron chi connectivity index (χ3n) is 3.69. The molecule has 0 spiro atoms. The molecule has 1 N–H and O–H groups in total. The minimum atomic E-state index is -0.0964. The summed E-state index contributed by atoms with van der Waals surface area (Å²) in [6, 6.07) is 9.32. The minimum absolute atomic E-state index is 0.0675. The zero-order valence-electron chi connectivity index (χ0n) is 15.0. The molecule has 0 aliphatic rings. The number of benzene rings is 1. The van der Waals surface area contributed by atoms with Crippen LogP contribution in [0.15, 0.2) is 42.7 Å². The van der Waals surface area contributed by atoms with Gasteiger partial charge >= 0.3 is 0 Å². The van der Waals surface area contributed by atoms with E-state index < -0.39 is 0 Å². The number of nitrogens with one attached hydrogen (secondary N) is 1. The van der Waals surface area contributed by atoms with Crippen LogP contribution in [0.5, 0.6) is 0 Å². The van der Waals surface area contributed by atoms with Crippen LogP contribution in [0.3, 0.4) is 0 Å². The molecule has 0 atom stereocenters. The molecule has 2 heterocycles. The van der Waals surface area contributed by atoms with Gasteiger partial charge in [-0.05, 0) is 35.3 Å². The molecule has 0 saturated heterocycles. The molecular weight excluding hydrogens is 348 g/mol. The van der Waals surface area contributed by atoms with Gasteiger partial charge in [-0.3, -0.25) is 4.79 Å². The molecule has 3 aromatic rings. The van der Waals surface area contributed by atoms with Crippen molar-refractivity contribution in [3.05, 3.63) is 58.9 Å². The maximum absolute atomic E-state index is 12.3. The first-order chi connectivity index (χ1) is 12.3. The zero-order valence-corrected chi connectivity index (χ0v) is 15.8. The molecular formula is C20H21ClN4O. The predicted molar refractivity (Wildman–Crippen MR) is 106 cm³/mol. The molecule has 0 unspecified atom stereocenters. The largest absolute Gasteiger partial charge is 0.309 e. The number of halogens is 1. The van der Waals surface area contributed by atoms with Crippen LogP contribution < -0.4 is 5.32 Å². The van der Waals surface area contributed by atoms with Crippen LogP contribution in [-0.2, 0) is 4.79 Å². The summed E-state index contributed by atoms with van der Waals surface area (Å²) in [5, 5.41) is 8.07. The molecule has 0 aliphatic heterocycles. The Labute approximate surface area is 157 Å². The third kappa shape index (κ3) is 4.49. The maximum Gasteiger partial charge on any atom is 0.226 e. The first-order valence-electron chi connectivity index (χ1n) is 8.39. The topological polar surface area (TPSA) is 59.3 Å². The van der Waals surface area contributed by atoms with Crippen molar-refractivity contribution >= 4 is 41.1 Å². The quantitative estimate of drug-likeness (QED) is 0.710. The van der Waals surface area contributed by atoms with E-state index in [2.05, 4.69) is 15.4 Å². The molecule has 26 heavy (non-hydrogen) atoms. The van der Waals surface area contributed by atoms with Crippen molar-refractivity contribution in [2.45, 2.75) is 27.2 Å². The summed E-state index contributed by atoms with van der Waals surface area (Å²) in [6.45, 7) is 6.08. The van der Waals surface area contributed by atoms with Crippen molar-refractivity contribution in [1.29, 1.82) is 0 Å². The number of carbonyl (C=O) groups excluding carboxylic acids is 1. The van der Waals surface area contributed by atoms with E-state index in [1.807, 2.05) is 57.2 Å². The van der Waals surface area contributed by atoms with Crippen LogP contribution in [-0.4, -0.2) is 20.5 Å². The van der Waals surface area contributed by atoms with E-state index in [1.165, 1.54) is 0 Å². The van der Waals surface area contributed by atoms with Crippen molar-refractivity contribution in [3.8, 4) is 0 Å². The van der Waals surface area contributed by atoms with Crippen LogP contribution in [0, 0.1) is 5.41 Å². The van der Waals surface area contributed by atoms with Crippen LogP contribution in [0.25, 0.3) is 17.8 Å². The van der Waals surface area contributed by atoms with Gasteiger partial charge in [0.1, 0.15) is 0 Å². The lowest BCUT2D eigenvalue weighted by Crippen LogP contribution is -2.20. The maximum atomic E-state index is 12.3. The second kappa shape index (κ2) is 7.30. The molecule has 6 heteroatoms. The van der Waals surface area contributed by atoms with Crippen LogP contribution in [0.1, 0.15) is 38.3 Å². The van der Waals surface area contributed by atoms with Crippen LogP contribution in [0.4, 0.5) is 5.82 Å². The summed E-state index contributed by atoms with van der Waals surface area (Å²) >= 11 is 5.93. The lowest BCUT2D eigenvalue weighted by molar-refractivity contribution is -0.117. The van der Waals surface area contributed by atoms with Gasteiger partial charge in [-0.2, -0.15) is 0 Å². The van der Waals surface area contributed by atoms with Crippen LogP contribution >= 0.6 is 11.6 Å². The van der Waals surface area contributed by atoms with Gasteiger partial charge in [0.05, 0.1) is 5.56 Å². The van der Waals surface area contributed by atoms with Gasteiger partial charge in [-0.25, -0.2) is 9.50 Å². The summed E-state index contributed by atoms with van der Waals surface area (Å²) in [4.78, 5) is 16.7. The number of hydrogen-bond acceptors (Lipinski definition) is 3. The van der Waals surface area contributed by atoms with E-state index >= 15 is 0 Å². The first kappa shape index (κ1) is 18.1. The summed E-state index contributed by atoms with van der Waals surface area (Å²) in [6.07, 6.45) is 7.78. The molecule has 3 rings (SSSR count). The van der Waals surface area contributed by atoms with Crippen molar-refractivity contribution in [2.24, 2.45) is 5.41 Å². The number of anilines is 1. The smallest absolute Gasteiger partial charge is 0.226 e. The predicted octanol–water partition coefficient (Wildman–Crippen LogP) is 4.93. The number of aromatic nitrogens is 3. The summed E-state index contributed by atoms with van der Waals surface area (Å²) in [5.74, 6) is 0.435. The number of amides is 1. The van der Waals surface area contributed by atoms with E-state index in [0.29, 0.717) is 22.9 Å². The summed E-state index contributed by atoms with van der Waals surface area (Å²) in [5.41, 5.74) is 2.35. The van der Waals surface area contributed by atoms with Gasteiger partial charge in [-0.1, -0.05) is 50.6 Å². The van der Waals surface area contributed by atoms with Gasteiger partial charge in [0.15, 0.2) is 11.5 Å². The molecule has 1 aromatic carbocycles. The van der Waals surface area contributed by atoms with Crippen molar-refractivity contribution in [2.75, 3.05) is 5.32 Å². The highest BCUT2D eigenvalue weighted by molar-refractivity contribution is 6.30. The molecule has 5 nitrogen and oxygen atoms in total. The Kier molecular flexibility index (Phi) is 5.09. The number of fused-ring (bicyclic) bond motifs is 1. The van der Waals surface area contributed by atoms with Crippen molar-refractivity contribution in [1.82, 2.24) is 14.6 Å². The van der Waals surface area contributed by atoms with E-state index in [1.54, 1.807) is 23.0 Å². The number of rotatable bonds is 4. The lowest BCUT2D eigenvalue weighted by Gasteiger charge is -2.16. The standard InChI is InChI=1S/C20H21ClN4O/c1-20(2,3)13-17(26)23-18-16(19-22-11-4-12-25(19)24-18)10-7-14-5-8-15(21)9-6-14/h4-12H,13H2,1-3H3,(H,23,24,26). The van der Waals surface area contributed by atoms with Crippen molar-refractivity contribution in [3.63, 3.8) is 0 Å². The lowest BCUT2D eigenvalue weighted by atomic mass is 9.92. The molecule has 0 aliphatic carbocycles. The first-order valence-corrected chi connectivity index (χ1v) is 8.76. The number of nitrogens with zero attached hydrogens (tertiary/aromatic N) is 3. The molecule has 1 amide bonds. The SMILES string of the molecule is CC(C)(C)CC(=O)Nc1nn2cccnc2c1C=Cc1ccc(Cl)cc1. The summed E-state index contributed by atoms with van der Waals surface area (Å²) in [7, 11) is 0. The third-order valence-corrected chi connectivity index (χ3v) is 3.94. The molecule has 0 bridgehead atoms. The molecule has 0 radical (unpaired) electrons. The molecule has 0 saturated carbocycles. The number of carbonyl (C=O) groups is 1. The highest BCUT2D eigenvalue weighted by Gasteiger charge is 2.19. The molecule has 2 aromatic heterocycles. The minimum Gasteiger partial charge on any atom is -0.309 e. The van der Waals surface area contributed by atoms with Crippen molar-refractivity contribution < 1.29 is 4.79 Å². The second-order valence-electron chi connectivity index (χ2n) is 7.32. The average molecular weight is 369 g/mol. The Morgan fingerprint density at radius 1 is 1.23 bits per heavy atom. The van der Waals surface area contributed by atoms with Gasteiger partial charge in [0.2, 0.25) is 5.91 Å². The Morgan fingerprint density at radius 3 is 2.65 bits per heavy atom. The Hall–Kier alpha value is -2.66. The molecule has 134 valence electrons. The van der Waals surface area contributed by atoms with E-state index in [4.69, 9.17) is 11.6 Å². The molecule has 0 fully saturated rings. The fraction of sp³-hybridized carbons (Fsp3) is 0.250. The van der Waals surface area contributed by atoms with Crippen LogP contribution in [0.2, 0.25) is 5.02 Å². The van der Waals surface area contributed by atoms with Gasteiger partial charge < -0.3 is 5.32 Å². The summed E-state index contributed by atoms with van der Waals surface area (Å²) < 4.78 is 1.66. The fourth-order valence-electron chi connectivity index (χ4n) is 2.56. The van der Waals surface area contributed by atoms with Gasteiger partial charge in [0, 0.05) is 23.8 Å². The number of hydrogen-bond donors (Lipinski definition) is 1. The fourth-order valence-corrected chi connectivity index (χ4v) is 2.69. The monoisotopic (exact) mass is 368 g/mol. The normalized spacial score (nSPS) is 12.0. The highest BCUT2D eigenvalue weighted by Crippen LogP contribution is 2.24. The van der Waals surface area contributed by atoms with E-state index in [9.17, 15) is 4.79 Å². The second-order valence-corrected chi connectivity index (χ2v) is 7.76. The highest BCUT2D eigenvalue weighted by atomic mass is 35.5. The Balaban J connectivity index is 1.94. The zero-order chi connectivity index (χ0) is 18.7. The van der Waals surface area contributed by atoms with E-state index in [-0.39, 0.29) is 11.3 Å². The van der Waals surface area contributed by atoms with Gasteiger partial charge in [0.25, 0.3) is 0 Å². The van der Waals surface area contributed by atoms with E-state index in [0.717, 1.165) is 11.1 Å².